The summed E-state index contributed by atoms with van der Waals surface area (Å²) in [4.78, 5) is 10.8. The molecule has 1 fully saturated rings. The second-order valence-corrected chi connectivity index (χ2v) is 2.54. The van der Waals surface area contributed by atoms with Gasteiger partial charge in [0, 0.05) is 0 Å². The molecule has 0 amide bonds. The van der Waals surface area contributed by atoms with E-state index in [4.69, 9.17) is 0 Å². The Kier molecular flexibility index (Phi) is 2.27. The minimum Gasteiger partial charge on any atom is -0.465 e. The molecule has 0 unspecified atom stereocenters. The molecule has 0 bridgehead atoms. The van der Waals surface area contributed by atoms with Gasteiger partial charge in [-0.25, -0.2) is 0 Å². The third-order valence-electron chi connectivity index (χ3n) is 1.86. The van der Waals surface area contributed by atoms with Crippen molar-refractivity contribution in [2.45, 2.75) is 25.9 Å². The number of cyclic esters (lactones) is 1. The SMILES string of the molecule is CC[C@@H](O)[C@@H]1CCOC1=O. The Hall–Kier alpha value is -0.570. The molecule has 0 radical (unpaired) electrons. The summed E-state index contributed by atoms with van der Waals surface area (Å²) in [6.07, 6.45) is 0.795. The van der Waals surface area contributed by atoms with Crippen molar-refractivity contribution in [3.63, 3.8) is 0 Å². The van der Waals surface area contributed by atoms with Crippen molar-refractivity contribution in [2.75, 3.05) is 6.61 Å². The summed E-state index contributed by atoms with van der Waals surface area (Å²) >= 11 is 0. The summed E-state index contributed by atoms with van der Waals surface area (Å²) in [7, 11) is 0. The van der Waals surface area contributed by atoms with E-state index in [0.29, 0.717) is 19.4 Å². The Morgan fingerprint density at radius 1 is 1.90 bits per heavy atom. The van der Waals surface area contributed by atoms with E-state index in [2.05, 4.69) is 4.74 Å². The highest BCUT2D eigenvalue weighted by Crippen LogP contribution is 2.19. The highest BCUT2D eigenvalue weighted by molar-refractivity contribution is 5.74. The van der Waals surface area contributed by atoms with Crippen LogP contribution in [0.1, 0.15) is 19.8 Å². The molecule has 0 aromatic heterocycles. The van der Waals surface area contributed by atoms with Gasteiger partial charge in [-0.2, -0.15) is 0 Å². The zero-order valence-electron chi connectivity index (χ0n) is 6.04. The topological polar surface area (TPSA) is 46.5 Å². The normalized spacial score (nSPS) is 28.2. The van der Waals surface area contributed by atoms with E-state index in [0.717, 1.165) is 0 Å². The van der Waals surface area contributed by atoms with Gasteiger partial charge in [0.05, 0.1) is 18.6 Å². The molecule has 1 N–H and O–H groups in total. The number of carbonyl (C=O) groups excluding carboxylic acids is 1. The van der Waals surface area contributed by atoms with E-state index >= 15 is 0 Å². The van der Waals surface area contributed by atoms with Crippen LogP contribution in [-0.2, 0) is 9.53 Å². The predicted molar refractivity (Wildman–Crippen MR) is 35.4 cm³/mol. The molecule has 58 valence electrons. The molecule has 2 atom stereocenters. The predicted octanol–water partition coefficient (Wildman–Crippen LogP) is 0.320. The molecule has 1 saturated heterocycles. The van der Waals surface area contributed by atoms with Gasteiger partial charge < -0.3 is 9.84 Å². The summed E-state index contributed by atoms with van der Waals surface area (Å²) in [6, 6.07) is 0. The highest BCUT2D eigenvalue weighted by atomic mass is 16.5. The average Bonchev–Trinajstić information content (AvgIpc) is 2.34. The third kappa shape index (κ3) is 1.29. The van der Waals surface area contributed by atoms with Crippen LogP contribution < -0.4 is 0 Å². The number of hydrogen-bond donors (Lipinski definition) is 1. The Labute approximate surface area is 60.0 Å². The first-order chi connectivity index (χ1) is 4.75. The number of hydrogen-bond acceptors (Lipinski definition) is 3. The van der Waals surface area contributed by atoms with Crippen molar-refractivity contribution in [2.24, 2.45) is 5.92 Å². The number of esters is 1. The number of aliphatic hydroxyl groups is 1. The van der Waals surface area contributed by atoms with E-state index in [1.54, 1.807) is 0 Å². The van der Waals surface area contributed by atoms with Crippen LogP contribution >= 0.6 is 0 Å². The molecule has 0 aromatic rings. The molecule has 0 spiro atoms. The summed E-state index contributed by atoms with van der Waals surface area (Å²) in [5, 5.41) is 9.23. The number of carbonyl (C=O) groups is 1. The molecular weight excluding hydrogens is 132 g/mol. The smallest absolute Gasteiger partial charge is 0.311 e. The fourth-order valence-corrected chi connectivity index (χ4v) is 1.15. The van der Waals surface area contributed by atoms with Gasteiger partial charge >= 0.3 is 5.97 Å². The van der Waals surface area contributed by atoms with Crippen LogP contribution in [0.2, 0.25) is 0 Å². The molecular formula is C7H12O3. The van der Waals surface area contributed by atoms with Gasteiger partial charge in [0.1, 0.15) is 0 Å². The van der Waals surface area contributed by atoms with Gasteiger partial charge in [0.15, 0.2) is 0 Å². The van der Waals surface area contributed by atoms with Gasteiger partial charge in [-0.15, -0.1) is 0 Å². The molecule has 3 nitrogen and oxygen atoms in total. The first kappa shape index (κ1) is 7.54. The maximum atomic E-state index is 10.8. The van der Waals surface area contributed by atoms with Crippen LogP contribution in [0.15, 0.2) is 0 Å². The molecule has 0 saturated carbocycles. The zero-order valence-corrected chi connectivity index (χ0v) is 6.04. The van der Waals surface area contributed by atoms with Gasteiger partial charge in [-0.1, -0.05) is 6.92 Å². The largest absolute Gasteiger partial charge is 0.465 e. The van der Waals surface area contributed by atoms with Crippen molar-refractivity contribution >= 4 is 5.97 Å². The van der Waals surface area contributed by atoms with Crippen molar-refractivity contribution in [1.82, 2.24) is 0 Å². The summed E-state index contributed by atoms with van der Waals surface area (Å²) in [5.41, 5.74) is 0. The standard InChI is InChI=1S/C7H12O3/c1-2-6(8)5-3-4-10-7(5)9/h5-6,8H,2-4H2,1H3/t5-,6+/m0/s1. The molecule has 1 rings (SSSR count). The van der Waals surface area contributed by atoms with Gasteiger partial charge in [-0.3, -0.25) is 4.79 Å². The van der Waals surface area contributed by atoms with E-state index in [9.17, 15) is 9.90 Å². The van der Waals surface area contributed by atoms with Crippen LogP contribution in [0.4, 0.5) is 0 Å². The quantitative estimate of drug-likeness (QED) is 0.568. The summed E-state index contributed by atoms with van der Waals surface area (Å²) < 4.78 is 4.69. The van der Waals surface area contributed by atoms with Crippen molar-refractivity contribution in [3.05, 3.63) is 0 Å². The number of aliphatic hydroxyl groups excluding tert-OH is 1. The van der Waals surface area contributed by atoms with E-state index < -0.39 is 6.10 Å². The lowest BCUT2D eigenvalue weighted by Crippen LogP contribution is -2.23. The first-order valence-electron chi connectivity index (χ1n) is 3.60. The van der Waals surface area contributed by atoms with Gasteiger partial charge in [-0.05, 0) is 12.8 Å². The zero-order chi connectivity index (χ0) is 7.56. The first-order valence-corrected chi connectivity index (χ1v) is 3.60. The third-order valence-corrected chi connectivity index (χ3v) is 1.86. The van der Waals surface area contributed by atoms with E-state index in [-0.39, 0.29) is 11.9 Å². The lowest BCUT2D eigenvalue weighted by Gasteiger charge is -2.10. The van der Waals surface area contributed by atoms with Crippen molar-refractivity contribution < 1.29 is 14.6 Å². The Bertz CT molecular complexity index is 133. The van der Waals surface area contributed by atoms with Crippen LogP contribution in [-0.4, -0.2) is 23.8 Å². The van der Waals surface area contributed by atoms with Crippen molar-refractivity contribution in [3.8, 4) is 0 Å². The molecule has 1 aliphatic heterocycles. The lowest BCUT2D eigenvalue weighted by molar-refractivity contribution is -0.144. The summed E-state index contributed by atoms with van der Waals surface area (Å²) in [5.74, 6) is -0.501. The fraction of sp³-hybridized carbons (Fsp3) is 0.857. The summed E-state index contributed by atoms with van der Waals surface area (Å²) in [6.45, 7) is 2.33. The molecule has 10 heavy (non-hydrogen) atoms. The average molecular weight is 144 g/mol. The van der Waals surface area contributed by atoms with Gasteiger partial charge in [0.2, 0.25) is 0 Å². The highest BCUT2D eigenvalue weighted by Gasteiger charge is 2.31. The second kappa shape index (κ2) is 3.01. The monoisotopic (exact) mass is 144 g/mol. The molecule has 0 aromatic carbocycles. The maximum absolute atomic E-state index is 10.8. The fourth-order valence-electron chi connectivity index (χ4n) is 1.15. The minimum absolute atomic E-state index is 0.241. The van der Waals surface area contributed by atoms with Crippen LogP contribution in [0.3, 0.4) is 0 Å². The molecule has 3 heteroatoms. The van der Waals surface area contributed by atoms with Crippen LogP contribution in [0, 0.1) is 5.92 Å². The molecule has 1 heterocycles. The van der Waals surface area contributed by atoms with Gasteiger partial charge in [0.25, 0.3) is 0 Å². The molecule has 1 aliphatic rings. The van der Waals surface area contributed by atoms with Crippen LogP contribution in [0.5, 0.6) is 0 Å². The van der Waals surface area contributed by atoms with Crippen LogP contribution in [0.25, 0.3) is 0 Å². The lowest BCUT2D eigenvalue weighted by atomic mass is 9.99. The maximum Gasteiger partial charge on any atom is 0.311 e. The Morgan fingerprint density at radius 3 is 3.00 bits per heavy atom. The Morgan fingerprint density at radius 2 is 2.60 bits per heavy atom. The minimum atomic E-state index is -0.505. The number of ether oxygens (including phenoxy) is 1. The number of rotatable bonds is 2. The Balaban J connectivity index is 2.46. The second-order valence-electron chi connectivity index (χ2n) is 2.54. The van der Waals surface area contributed by atoms with E-state index in [1.807, 2.05) is 6.92 Å². The van der Waals surface area contributed by atoms with E-state index in [1.165, 1.54) is 0 Å². The van der Waals surface area contributed by atoms with Crippen molar-refractivity contribution in [1.29, 1.82) is 0 Å². The molecule has 0 aliphatic carbocycles.